The van der Waals surface area contributed by atoms with Crippen LogP contribution in [0, 0.1) is 0 Å². The van der Waals surface area contributed by atoms with E-state index in [9.17, 15) is 0 Å². The summed E-state index contributed by atoms with van der Waals surface area (Å²) >= 11 is 5.37. The highest BCUT2D eigenvalue weighted by Gasteiger charge is 2.03. The summed E-state index contributed by atoms with van der Waals surface area (Å²) in [7, 11) is 0. The smallest absolute Gasteiger partial charge is 0.170 e. The summed E-state index contributed by atoms with van der Waals surface area (Å²) in [4.78, 5) is 0. The summed E-state index contributed by atoms with van der Waals surface area (Å²) in [5.74, 6) is 0.617. The molecule has 0 aliphatic carbocycles. The largest absolute Gasteiger partial charge is 0.362 e. The lowest BCUT2D eigenvalue weighted by molar-refractivity contribution is 0.573. The normalized spacial score (nSPS) is 12.0. The summed E-state index contributed by atoms with van der Waals surface area (Å²) in [6.07, 6.45) is 11.9. The summed E-state index contributed by atoms with van der Waals surface area (Å²) in [6.45, 7) is 7.72. The van der Waals surface area contributed by atoms with Crippen molar-refractivity contribution in [2.75, 3.05) is 11.9 Å². The lowest BCUT2D eigenvalue weighted by Crippen LogP contribution is -2.29. The van der Waals surface area contributed by atoms with Crippen LogP contribution in [-0.2, 0) is 0 Å². The highest BCUT2D eigenvalue weighted by atomic mass is 32.1. The molecular formula is C21H36N2S. The molecule has 1 aromatic rings. The van der Waals surface area contributed by atoms with Crippen molar-refractivity contribution in [2.45, 2.75) is 84.5 Å². The SMILES string of the molecule is CCCCCCCCCCNC(=S)Nc1ccc(C(C)CC)cc1. The molecule has 1 unspecified atom stereocenters. The number of unbranched alkanes of at least 4 members (excludes halogenated alkanes) is 7. The molecule has 136 valence electrons. The fourth-order valence-corrected chi connectivity index (χ4v) is 2.99. The van der Waals surface area contributed by atoms with Gasteiger partial charge in [-0.3, -0.25) is 0 Å². The van der Waals surface area contributed by atoms with E-state index in [-0.39, 0.29) is 0 Å². The third kappa shape index (κ3) is 9.27. The molecule has 1 aromatic carbocycles. The van der Waals surface area contributed by atoms with Crippen molar-refractivity contribution in [3.8, 4) is 0 Å². The average molecular weight is 349 g/mol. The van der Waals surface area contributed by atoms with E-state index in [4.69, 9.17) is 12.2 Å². The molecule has 0 bridgehead atoms. The van der Waals surface area contributed by atoms with Gasteiger partial charge >= 0.3 is 0 Å². The Morgan fingerprint density at radius 3 is 2.08 bits per heavy atom. The van der Waals surface area contributed by atoms with Gasteiger partial charge in [0.05, 0.1) is 0 Å². The fourth-order valence-electron chi connectivity index (χ4n) is 2.77. The van der Waals surface area contributed by atoms with Gasteiger partial charge in [-0.1, -0.05) is 77.8 Å². The van der Waals surface area contributed by atoms with Crippen molar-refractivity contribution < 1.29 is 0 Å². The van der Waals surface area contributed by atoms with Crippen LogP contribution in [-0.4, -0.2) is 11.7 Å². The number of benzene rings is 1. The van der Waals surface area contributed by atoms with E-state index in [1.807, 2.05) is 0 Å². The van der Waals surface area contributed by atoms with Gasteiger partial charge in [0.1, 0.15) is 0 Å². The van der Waals surface area contributed by atoms with E-state index in [2.05, 4.69) is 55.7 Å². The van der Waals surface area contributed by atoms with Crippen molar-refractivity contribution in [3.05, 3.63) is 29.8 Å². The van der Waals surface area contributed by atoms with Gasteiger partial charge in [0, 0.05) is 12.2 Å². The molecule has 0 amide bonds. The van der Waals surface area contributed by atoms with Crippen LogP contribution in [0.1, 0.15) is 90.0 Å². The second-order valence-corrected chi connectivity index (χ2v) is 7.20. The Bertz CT molecular complexity index is 442. The Balaban J connectivity index is 2.09. The van der Waals surface area contributed by atoms with Crippen molar-refractivity contribution in [1.82, 2.24) is 5.32 Å². The Morgan fingerprint density at radius 1 is 0.917 bits per heavy atom. The number of thiocarbonyl (C=S) groups is 1. The molecule has 0 aliphatic rings. The lowest BCUT2D eigenvalue weighted by Gasteiger charge is -2.13. The molecule has 1 atom stereocenters. The van der Waals surface area contributed by atoms with Crippen LogP contribution in [0.3, 0.4) is 0 Å². The minimum atomic E-state index is 0.617. The molecule has 1 rings (SSSR count). The van der Waals surface area contributed by atoms with E-state index in [1.54, 1.807) is 0 Å². The molecule has 0 spiro atoms. The standard InChI is InChI=1S/C21H36N2S/c1-4-6-7-8-9-10-11-12-17-22-21(24)23-20-15-13-19(14-16-20)18(3)5-2/h13-16,18H,4-12,17H2,1-3H3,(H2,22,23,24). The summed E-state index contributed by atoms with van der Waals surface area (Å²) in [5.41, 5.74) is 2.45. The zero-order chi connectivity index (χ0) is 17.6. The van der Waals surface area contributed by atoms with Crippen LogP contribution >= 0.6 is 12.2 Å². The number of nitrogens with one attached hydrogen (secondary N) is 2. The Morgan fingerprint density at radius 2 is 1.50 bits per heavy atom. The Labute approximate surface area is 154 Å². The molecule has 0 saturated heterocycles. The summed E-state index contributed by atoms with van der Waals surface area (Å²) in [5, 5.41) is 7.31. The van der Waals surface area contributed by atoms with Crippen LogP contribution in [0.25, 0.3) is 0 Å². The van der Waals surface area contributed by atoms with Gasteiger partial charge < -0.3 is 10.6 Å². The van der Waals surface area contributed by atoms with Gasteiger partial charge in [-0.25, -0.2) is 0 Å². The maximum Gasteiger partial charge on any atom is 0.170 e. The fraction of sp³-hybridized carbons (Fsp3) is 0.667. The second kappa shape index (κ2) is 13.2. The number of anilines is 1. The second-order valence-electron chi connectivity index (χ2n) is 6.79. The minimum absolute atomic E-state index is 0.617. The monoisotopic (exact) mass is 348 g/mol. The molecule has 0 aromatic heterocycles. The van der Waals surface area contributed by atoms with Gasteiger partial charge in [0.25, 0.3) is 0 Å². The molecule has 0 heterocycles. The van der Waals surface area contributed by atoms with Gasteiger partial charge in [-0.15, -0.1) is 0 Å². The lowest BCUT2D eigenvalue weighted by atomic mass is 9.99. The van der Waals surface area contributed by atoms with Crippen molar-refractivity contribution in [1.29, 1.82) is 0 Å². The van der Waals surface area contributed by atoms with Crippen molar-refractivity contribution in [3.63, 3.8) is 0 Å². The van der Waals surface area contributed by atoms with Gasteiger partial charge in [0.15, 0.2) is 5.11 Å². The number of hydrogen-bond acceptors (Lipinski definition) is 1. The minimum Gasteiger partial charge on any atom is -0.362 e. The molecule has 0 fully saturated rings. The molecule has 3 heteroatoms. The first-order chi connectivity index (χ1) is 11.7. The summed E-state index contributed by atoms with van der Waals surface area (Å²) in [6, 6.07) is 8.62. The van der Waals surface area contributed by atoms with E-state index in [0.717, 1.165) is 17.3 Å². The van der Waals surface area contributed by atoms with E-state index < -0.39 is 0 Å². The third-order valence-electron chi connectivity index (χ3n) is 4.67. The van der Waals surface area contributed by atoms with Crippen LogP contribution in [0.15, 0.2) is 24.3 Å². The first-order valence-electron chi connectivity index (χ1n) is 9.82. The zero-order valence-corrected chi connectivity index (χ0v) is 16.7. The average Bonchev–Trinajstić information content (AvgIpc) is 2.60. The molecule has 24 heavy (non-hydrogen) atoms. The van der Waals surface area contributed by atoms with E-state index in [1.165, 1.54) is 63.4 Å². The van der Waals surface area contributed by atoms with Crippen molar-refractivity contribution in [2.24, 2.45) is 0 Å². The summed E-state index contributed by atoms with van der Waals surface area (Å²) < 4.78 is 0. The first kappa shape index (κ1) is 21.0. The zero-order valence-electron chi connectivity index (χ0n) is 15.9. The number of rotatable bonds is 12. The molecular weight excluding hydrogens is 312 g/mol. The van der Waals surface area contributed by atoms with E-state index in [0.29, 0.717) is 5.92 Å². The molecule has 0 radical (unpaired) electrons. The Kier molecular flexibility index (Phi) is 11.5. The van der Waals surface area contributed by atoms with Crippen LogP contribution in [0.2, 0.25) is 0 Å². The molecule has 0 aliphatic heterocycles. The first-order valence-corrected chi connectivity index (χ1v) is 10.2. The quantitative estimate of drug-likeness (QED) is 0.327. The third-order valence-corrected chi connectivity index (χ3v) is 4.91. The maximum absolute atomic E-state index is 5.37. The predicted octanol–water partition coefficient (Wildman–Crippen LogP) is 6.63. The van der Waals surface area contributed by atoms with Crippen LogP contribution < -0.4 is 10.6 Å². The van der Waals surface area contributed by atoms with Gasteiger partial charge in [-0.05, 0) is 48.7 Å². The van der Waals surface area contributed by atoms with Gasteiger partial charge in [-0.2, -0.15) is 0 Å². The molecule has 2 nitrogen and oxygen atoms in total. The predicted molar refractivity (Wildman–Crippen MR) is 112 cm³/mol. The van der Waals surface area contributed by atoms with Crippen LogP contribution in [0.4, 0.5) is 5.69 Å². The topological polar surface area (TPSA) is 24.1 Å². The highest BCUT2D eigenvalue weighted by Crippen LogP contribution is 2.20. The highest BCUT2D eigenvalue weighted by molar-refractivity contribution is 7.80. The maximum atomic E-state index is 5.37. The van der Waals surface area contributed by atoms with E-state index >= 15 is 0 Å². The molecule has 2 N–H and O–H groups in total. The van der Waals surface area contributed by atoms with Crippen LogP contribution in [0.5, 0.6) is 0 Å². The number of hydrogen-bond donors (Lipinski definition) is 2. The van der Waals surface area contributed by atoms with Crippen molar-refractivity contribution >= 4 is 23.0 Å². The van der Waals surface area contributed by atoms with Gasteiger partial charge in [0.2, 0.25) is 0 Å². The Hall–Kier alpha value is -1.09. The molecule has 0 saturated carbocycles.